The molecule has 0 radical (unpaired) electrons. The summed E-state index contributed by atoms with van der Waals surface area (Å²) in [5, 5.41) is 9.63. The minimum absolute atomic E-state index is 0.116. The van der Waals surface area contributed by atoms with Gasteiger partial charge in [-0.1, -0.05) is 51.7 Å². The summed E-state index contributed by atoms with van der Waals surface area (Å²) in [5.41, 5.74) is 2.49. The van der Waals surface area contributed by atoms with E-state index in [2.05, 4.69) is 25.1 Å². The summed E-state index contributed by atoms with van der Waals surface area (Å²) in [6, 6.07) is 6.61. The van der Waals surface area contributed by atoms with Crippen LogP contribution >= 0.6 is 0 Å². The zero-order chi connectivity index (χ0) is 20.4. The van der Waals surface area contributed by atoms with Crippen molar-refractivity contribution in [3.05, 3.63) is 29.3 Å². The SMILES string of the molecule is CC1CCCCC(C2CCCc3ccc([C@H](C4CC4)[C@H](C)C(=O)O)cc3O2)CC1. The van der Waals surface area contributed by atoms with Gasteiger partial charge in [0.05, 0.1) is 5.92 Å². The Morgan fingerprint density at radius 2 is 1.83 bits per heavy atom. The Morgan fingerprint density at radius 3 is 2.59 bits per heavy atom. The molecule has 2 saturated carbocycles. The lowest BCUT2D eigenvalue weighted by Crippen LogP contribution is -2.28. The molecule has 0 amide bonds. The van der Waals surface area contributed by atoms with E-state index in [0.717, 1.165) is 37.4 Å². The number of carbonyl (C=O) groups is 1. The van der Waals surface area contributed by atoms with Crippen LogP contribution in [0.1, 0.15) is 95.1 Å². The van der Waals surface area contributed by atoms with Crippen LogP contribution in [0.3, 0.4) is 0 Å². The van der Waals surface area contributed by atoms with Crippen molar-refractivity contribution < 1.29 is 14.6 Å². The third kappa shape index (κ3) is 4.98. The van der Waals surface area contributed by atoms with E-state index in [1.165, 1.54) is 56.1 Å². The molecule has 1 aromatic carbocycles. The highest BCUT2D eigenvalue weighted by Gasteiger charge is 2.39. The third-order valence-corrected chi connectivity index (χ3v) is 7.83. The van der Waals surface area contributed by atoms with Gasteiger partial charge in [0.2, 0.25) is 0 Å². The number of carboxylic acid groups (broad SMARTS) is 1. The summed E-state index contributed by atoms with van der Waals surface area (Å²) in [6.45, 7) is 4.27. The van der Waals surface area contributed by atoms with Crippen LogP contribution in [0.4, 0.5) is 0 Å². The zero-order valence-electron chi connectivity index (χ0n) is 18.2. The maximum absolute atomic E-state index is 11.7. The van der Waals surface area contributed by atoms with Gasteiger partial charge in [0.15, 0.2) is 0 Å². The molecule has 0 spiro atoms. The van der Waals surface area contributed by atoms with Gasteiger partial charge >= 0.3 is 5.97 Å². The van der Waals surface area contributed by atoms with E-state index in [0.29, 0.717) is 17.9 Å². The highest BCUT2D eigenvalue weighted by Crippen LogP contribution is 2.48. The minimum atomic E-state index is -0.681. The first kappa shape index (κ1) is 20.8. The molecule has 5 atom stereocenters. The highest BCUT2D eigenvalue weighted by molar-refractivity contribution is 5.71. The molecule has 2 fully saturated rings. The van der Waals surface area contributed by atoms with Gasteiger partial charge < -0.3 is 9.84 Å². The van der Waals surface area contributed by atoms with Crippen LogP contribution < -0.4 is 4.74 Å². The normalized spacial score (nSPS) is 30.1. The Labute approximate surface area is 176 Å². The van der Waals surface area contributed by atoms with Gasteiger partial charge in [-0.15, -0.1) is 0 Å². The Hall–Kier alpha value is -1.51. The lowest BCUT2D eigenvalue weighted by molar-refractivity contribution is -0.142. The van der Waals surface area contributed by atoms with Gasteiger partial charge in [0.25, 0.3) is 0 Å². The Balaban J connectivity index is 1.54. The number of rotatable bonds is 5. The van der Waals surface area contributed by atoms with Crippen molar-refractivity contribution in [3.8, 4) is 5.75 Å². The van der Waals surface area contributed by atoms with Gasteiger partial charge in [-0.3, -0.25) is 4.79 Å². The van der Waals surface area contributed by atoms with E-state index in [1.54, 1.807) is 0 Å². The van der Waals surface area contributed by atoms with Crippen molar-refractivity contribution >= 4 is 5.97 Å². The largest absolute Gasteiger partial charge is 0.490 e. The molecule has 1 aliphatic heterocycles. The van der Waals surface area contributed by atoms with E-state index in [-0.39, 0.29) is 11.8 Å². The molecule has 3 unspecified atom stereocenters. The maximum atomic E-state index is 11.7. The predicted octanol–water partition coefficient (Wildman–Crippen LogP) is 6.59. The fourth-order valence-corrected chi connectivity index (χ4v) is 5.78. The third-order valence-electron chi connectivity index (χ3n) is 7.83. The van der Waals surface area contributed by atoms with Gasteiger partial charge in [-0.25, -0.2) is 0 Å². The topological polar surface area (TPSA) is 46.5 Å². The van der Waals surface area contributed by atoms with Crippen LogP contribution in [0.15, 0.2) is 18.2 Å². The van der Waals surface area contributed by atoms with Crippen molar-refractivity contribution in [2.75, 3.05) is 0 Å². The average molecular weight is 399 g/mol. The van der Waals surface area contributed by atoms with Crippen molar-refractivity contribution in [1.29, 1.82) is 0 Å². The molecule has 3 nitrogen and oxygen atoms in total. The second kappa shape index (κ2) is 9.10. The molecule has 1 aromatic rings. The van der Waals surface area contributed by atoms with Crippen molar-refractivity contribution in [1.82, 2.24) is 0 Å². The van der Waals surface area contributed by atoms with Crippen molar-refractivity contribution in [3.63, 3.8) is 0 Å². The number of aliphatic carboxylic acids is 1. The smallest absolute Gasteiger partial charge is 0.306 e. The molecule has 1 N–H and O–H groups in total. The number of hydrogen-bond acceptors (Lipinski definition) is 2. The molecule has 160 valence electrons. The second-order valence-electron chi connectivity index (χ2n) is 10.1. The number of hydrogen-bond donors (Lipinski definition) is 1. The molecule has 3 aliphatic rings. The van der Waals surface area contributed by atoms with Crippen LogP contribution in [-0.4, -0.2) is 17.2 Å². The van der Waals surface area contributed by atoms with E-state index in [4.69, 9.17) is 4.74 Å². The molecule has 4 rings (SSSR count). The average Bonchev–Trinajstić information content (AvgIpc) is 3.52. The van der Waals surface area contributed by atoms with Crippen LogP contribution in [0.25, 0.3) is 0 Å². The Kier molecular flexibility index (Phi) is 6.51. The summed E-state index contributed by atoms with van der Waals surface area (Å²) in [7, 11) is 0. The molecule has 2 aliphatic carbocycles. The maximum Gasteiger partial charge on any atom is 0.306 e. The number of aryl methyl sites for hydroxylation is 1. The van der Waals surface area contributed by atoms with Crippen LogP contribution in [0.2, 0.25) is 0 Å². The lowest BCUT2D eigenvalue weighted by atomic mass is 9.82. The fourth-order valence-electron chi connectivity index (χ4n) is 5.78. The molecule has 29 heavy (non-hydrogen) atoms. The fraction of sp³-hybridized carbons (Fsp3) is 0.731. The predicted molar refractivity (Wildman–Crippen MR) is 116 cm³/mol. The van der Waals surface area contributed by atoms with Crippen LogP contribution in [0, 0.1) is 23.7 Å². The monoisotopic (exact) mass is 398 g/mol. The van der Waals surface area contributed by atoms with Crippen LogP contribution in [0.5, 0.6) is 5.75 Å². The van der Waals surface area contributed by atoms with Crippen molar-refractivity contribution in [2.24, 2.45) is 23.7 Å². The van der Waals surface area contributed by atoms with E-state index < -0.39 is 5.97 Å². The molecule has 1 heterocycles. The first-order chi connectivity index (χ1) is 14.0. The molecular formula is C26H38O3. The highest BCUT2D eigenvalue weighted by atomic mass is 16.5. The summed E-state index contributed by atoms with van der Waals surface area (Å²) >= 11 is 0. The second-order valence-corrected chi connectivity index (χ2v) is 10.1. The van der Waals surface area contributed by atoms with Gasteiger partial charge in [0, 0.05) is 0 Å². The van der Waals surface area contributed by atoms with Crippen molar-refractivity contribution in [2.45, 2.75) is 96.5 Å². The van der Waals surface area contributed by atoms with Gasteiger partial charge in [0.1, 0.15) is 11.9 Å². The standard InChI is InChI=1S/C26H38O3/c1-17-6-3-4-7-19(11-10-17)23-9-5-8-20-12-15-22(16-24(20)29-23)25(21-13-14-21)18(2)26(27)28/h12,15-19,21,23,25H,3-11,13-14H2,1-2H3,(H,27,28)/t17?,18-,19?,23?,25-/m0/s1. The van der Waals surface area contributed by atoms with E-state index in [9.17, 15) is 9.90 Å². The van der Waals surface area contributed by atoms with E-state index >= 15 is 0 Å². The molecule has 0 aromatic heterocycles. The summed E-state index contributed by atoms with van der Waals surface area (Å²) in [4.78, 5) is 11.7. The van der Waals surface area contributed by atoms with E-state index in [1.807, 2.05) is 6.92 Å². The molecule has 3 heteroatoms. The number of benzene rings is 1. The molecule has 0 saturated heterocycles. The zero-order valence-corrected chi connectivity index (χ0v) is 18.2. The summed E-state index contributed by atoms with van der Waals surface area (Å²) in [5.74, 6) is 2.18. The lowest BCUT2D eigenvalue weighted by Gasteiger charge is -2.30. The number of ether oxygens (including phenoxy) is 1. The van der Waals surface area contributed by atoms with Gasteiger partial charge in [-0.05, 0) is 85.8 Å². The molecular weight excluding hydrogens is 360 g/mol. The Morgan fingerprint density at radius 1 is 1.03 bits per heavy atom. The summed E-state index contributed by atoms with van der Waals surface area (Å²) in [6.07, 6.45) is 14.1. The quantitative estimate of drug-likeness (QED) is 0.608. The number of fused-ring (bicyclic) bond motifs is 1. The van der Waals surface area contributed by atoms with Crippen LogP contribution in [-0.2, 0) is 11.2 Å². The summed E-state index contributed by atoms with van der Waals surface area (Å²) < 4.78 is 6.71. The molecule has 0 bridgehead atoms. The Bertz CT molecular complexity index is 708. The number of carboxylic acids is 1. The first-order valence-electron chi connectivity index (χ1n) is 12.0. The first-order valence-corrected chi connectivity index (χ1v) is 12.0. The minimum Gasteiger partial charge on any atom is -0.490 e. The van der Waals surface area contributed by atoms with Gasteiger partial charge in [-0.2, -0.15) is 0 Å².